The molecule has 1 aliphatic heterocycles. The van der Waals surface area contributed by atoms with Gasteiger partial charge >= 0.3 is 12.1 Å². The highest BCUT2D eigenvalue weighted by Crippen LogP contribution is 2.23. The van der Waals surface area contributed by atoms with Gasteiger partial charge in [0.15, 0.2) is 0 Å². The number of anilines is 3. The van der Waals surface area contributed by atoms with Crippen LogP contribution in [0.1, 0.15) is 49.7 Å². The Morgan fingerprint density at radius 1 is 1.00 bits per heavy atom. The highest BCUT2D eigenvalue weighted by Gasteiger charge is 2.19. The number of hydrogen-bond acceptors (Lipinski definition) is 8. The molecule has 11 nitrogen and oxygen atoms in total. The summed E-state index contributed by atoms with van der Waals surface area (Å²) in [6.45, 7) is 10.7. The molecule has 0 saturated carbocycles. The fourth-order valence-corrected chi connectivity index (χ4v) is 5.01. The van der Waals surface area contributed by atoms with Gasteiger partial charge in [-0.2, -0.15) is 11.3 Å². The number of thiophene rings is 1. The third-order valence-corrected chi connectivity index (χ3v) is 7.24. The maximum Gasteiger partial charge on any atom is 0.412 e. The van der Waals surface area contributed by atoms with Crippen LogP contribution in [-0.4, -0.2) is 77.8 Å². The van der Waals surface area contributed by atoms with Crippen LogP contribution < -0.4 is 16.0 Å². The molecule has 0 atom stereocenters. The Bertz CT molecular complexity index is 1340. The molecule has 0 spiro atoms. The number of carbonyl (C=O) groups excluding carboxylic acids is 3. The van der Waals surface area contributed by atoms with E-state index in [9.17, 15) is 14.4 Å². The number of pyridine rings is 1. The Kier molecular flexibility index (Phi) is 11.5. The van der Waals surface area contributed by atoms with E-state index in [1.54, 1.807) is 68.3 Å². The molecule has 0 aliphatic carbocycles. The fraction of sp³-hybridized carbons (Fsp3) is 0.419. The molecule has 12 heteroatoms. The zero-order chi connectivity index (χ0) is 30.7. The molecule has 2 aromatic heterocycles. The molecule has 3 N–H and O–H groups in total. The maximum atomic E-state index is 13.1. The molecule has 3 aromatic rings. The molecule has 4 rings (SSSR count). The van der Waals surface area contributed by atoms with Crippen molar-refractivity contribution in [3.8, 4) is 0 Å². The monoisotopic (exact) mass is 608 g/mol. The fourth-order valence-electron chi connectivity index (χ4n) is 4.43. The first kappa shape index (κ1) is 31.9. The SMILES string of the molecule is CC(C)(C)OC(=O)Nc1ccccc1NC(=O)c1ccc(CN(CCCCN2CCOCC2)C(=O)Nc2ccsc2)cn1. The molecular weight excluding hydrogens is 568 g/mol. The molecule has 0 unspecified atom stereocenters. The third kappa shape index (κ3) is 10.7. The summed E-state index contributed by atoms with van der Waals surface area (Å²) < 4.78 is 10.7. The molecule has 230 valence electrons. The van der Waals surface area contributed by atoms with Gasteiger partial charge in [0, 0.05) is 37.8 Å². The van der Waals surface area contributed by atoms with Gasteiger partial charge < -0.3 is 25.0 Å². The number of morpholine rings is 1. The van der Waals surface area contributed by atoms with Crippen molar-refractivity contribution in [1.82, 2.24) is 14.8 Å². The van der Waals surface area contributed by atoms with E-state index in [1.807, 2.05) is 16.8 Å². The van der Waals surface area contributed by atoms with Crippen molar-refractivity contribution >= 4 is 46.4 Å². The number of aromatic nitrogens is 1. The number of amides is 4. The van der Waals surface area contributed by atoms with Gasteiger partial charge in [0.1, 0.15) is 11.3 Å². The summed E-state index contributed by atoms with van der Waals surface area (Å²) in [5.41, 5.74) is 1.93. The predicted molar refractivity (Wildman–Crippen MR) is 169 cm³/mol. The van der Waals surface area contributed by atoms with E-state index in [0.717, 1.165) is 56.9 Å². The van der Waals surface area contributed by atoms with Crippen molar-refractivity contribution in [3.05, 3.63) is 70.7 Å². The minimum Gasteiger partial charge on any atom is -0.444 e. The first-order chi connectivity index (χ1) is 20.7. The van der Waals surface area contributed by atoms with Gasteiger partial charge in [-0.25, -0.2) is 9.59 Å². The van der Waals surface area contributed by atoms with Crippen molar-refractivity contribution < 1.29 is 23.9 Å². The molecule has 1 aromatic carbocycles. The lowest BCUT2D eigenvalue weighted by molar-refractivity contribution is 0.0370. The number of hydrogen-bond donors (Lipinski definition) is 3. The lowest BCUT2D eigenvalue weighted by Crippen LogP contribution is -2.38. The number of carbonyl (C=O) groups is 3. The van der Waals surface area contributed by atoms with E-state index in [4.69, 9.17) is 9.47 Å². The van der Waals surface area contributed by atoms with Crippen molar-refractivity contribution in [2.24, 2.45) is 0 Å². The van der Waals surface area contributed by atoms with Gasteiger partial charge in [0.25, 0.3) is 5.91 Å². The minimum atomic E-state index is -0.656. The van der Waals surface area contributed by atoms with Gasteiger partial charge in [-0.05, 0) is 75.4 Å². The molecule has 3 heterocycles. The topological polar surface area (TPSA) is 125 Å². The third-order valence-electron chi connectivity index (χ3n) is 6.56. The average molecular weight is 609 g/mol. The summed E-state index contributed by atoms with van der Waals surface area (Å²) in [4.78, 5) is 46.9. The van der Waals surface area contributed by atoms with Crippen LogP contribution in [0.2, 0.25) is 0 Å². The van der Waals surface area contributed by atoms with Gasteiger partial charge in [-0.15, -0.1) is 0 Å². The van der Waals surface area contributed by atoms with Crippen LogP contribution in [-0.2, 0) is 16.0 Å². The van der Waals surface area contributed by atoms with Crippen LogP contribution in [0.25, 0.3) is 0 Å². The average Bonchev–Trinajstić information content (AvgIpc) is 3.48. The zero-order valence-corrected chi connectivity index (χ0v) is 25.7. The zero-order valence-electron chi connectivity index (χ0n) is 24.9. The number of rotatable bonds is 11. The highest BCUT2D eigenvalue weighted by molar-refractivity contribution is 7.08. The first-order valence-corrected chi connectivity index (χ1v) is 15.3. The van der Waals surface area contributed by atoms with E-state index in [-0.39, 0.29) is 11.7 Å². The van der Waals surface area contributed by atoms with Crippen molar-refractivity contribution in [2.45, 2.75) is 45.8 Å². The number of benzene rings is 1. The van der Waals surface area contributed by atoms with Gasteiger partial charge in [0.2, 0.25) is 0 Å². The molecule has 0 bridgehead atoms. The summed E-state index contributed by atoms with van der Waals surface area (Å²) in [6, 6.07) is 12.0. The Balaban J connectivity index is 1.35. The van der Waals surface area contributed by atoms with Crippen LogP contribution in [0.3, 0.4) is 0 Å². The van der Waals surface area contributed by atoms with Crippen molar-refractivity contribution in [2.75, 3.05) is 55.3 Å². The van der Waals surface area contributed by atoms with Crippen LogP contribution in [0.15, 0.2) is 59.4 Å². The van der Waals surface area contributed by atoms with Crippen molar-refractivity contribution in [1.29, 1.82) is 0 Å². The molecular formula is C31H40N6O5S. The lowest BCUT2D eigenvalue weighted by atomic mass is 10.2. The molecule has 0 radical (unpaired) electrons. The first-order valence-electron chi connectivity index (χ1n) is 14.4. The van der Waals surface area contributed by atoms with Crippen LogP contribution >= 0.6 is 11.3 Å². The Morgan fingerprint density at radius 3 is 2.40 bits per heavy atom. The number of ether oxygens (including phenoxy) is 2. The molecule has 4 amide bonds. The van der Waals surface area contributed by atoms with Crippen LogP contribution in [0.4, 0.5) is 26.7 Å². The molecule has 1 fully saturated rings. The van der Waals surface area contributed by atoms with Gasteiger partial charge in [-0.1, -0.05) is 18.2 Å². The standard InChI is InChI=1S/C31H40N6O5S/c1-31(2,3)42-30(40)35-26-9-5-4-8-25(26)34-28(38)27-11-10-23(20-32-27)21-37(29(39)33-24-12-19-43-22-24)14-7-6-13-36-15-17-41-18-16-36/h4-5,8-12,19-20,22H,6-7,13-18,21H2,1-3H3,(H,33,39)(H,34,38)(H,35,40). The Morgan fingerprint density at radius 2 is 1.74 bits per heavy atom. The molecule has 1 saturated heterocycles. The lowest BCUT2D eigenvalue weighted by Gasteiger charge is -2.27. The Hall–Kier alpha value is -4.00. The van der Waals surface area contributed by atoms with E-state index < -0.39 is 17.6 Å². The van der Waals surface area contributed by atoms with Crippen LogP contribution in [0.5, 0.6) is 0 Å². The highest BCUT2D eigenvalue weighted by atomic mass is 32.1. The smallest absolute Gasteiger partial charge is 0.412 e. The normalized spacial score (nSPS) is 13.7. The summed E-state index contributed by atoms with van der Waals surface area (Å²) in [7, 11) is 0. The predicted octanol–water partition coefficient (Wildman–Crippen LogP) is 5.89. The molecule has 43 heavy (non-hydrogen) atoms. The largest absolute Gasteiger partial charge is 0.444 e. The molecule has 1 aliphatic rings. The van der Waals surface area contributed by atoms with Crippen LogP contribution in [0, 0.1) is 0 Å². The summed E-state index contributed by atoms with van der Waals surface area (Å²) >= 11 is 1.52. The van der Waals surface area contributed by atoms with Gasteiger partial charge in [-0.3, -0.25) is 20.0 Å². The quantitative estimate of drug-likeness (QED) is 0.232. The van der Waals surface area contributed by atoms with Crippen molar-refractivity contribution in [3.63, 3.8) is 0 Å². The van der Waals surface area contributed by atoms with E-state index >= 15 is 0 Å². The number of nitrogens with one attached hydrogen (secondary N) is 3. The second-order valence-corrected chi connectivity index (χ2v) is 12.0. The summed E-state index contributed by atoms with van der Waals surface area (Å²) in [6.07, 6.45) is 2.83. The number of para-hydroxylation sites is 2. The number of urea groups is 1. The summed E-state index contributed by atoms with van der Waals surface area (Å²) in [5, 5.41) is 12.3. The van der Waals surface area contributed by atoms with E-state index in [0.29, 0.717) is 24.5 Å². The van der Waals surface area contributed by atoms with E-state index in [1.165, 1.54) is 11.3 Å². The minimum absolute atomic E-state index is 0.180. The second kappa shape index (κ2) is 15.5. The Labute approximate surface area is 256 Å². The second-order valence-electron chi connectivity index (χ2n) is 11.2. The van der Waals surface area contributed by atoms with E-state index in [2.05, 4.69) is 25.8 Å². The number of nitrogens with zero attached hydrogens (tertiary/aromatic N) is 3. The maximum absolute atomic E-state index is 13.1. The summed E-state index contributed by atoms with van der Waals surface area (Å²) in [5.74, 6) is -0.430. The van der Waals surface area contributed by atoms with Gasteiger partial charge in [0.05, 0.1) is 30.3 Å². The number of unbranched alkanes of at least 4 members (excludes halogenated alkanes) is 1.